The van der Waals surface area contributed by atoms with Gasteiger partial charge in [-0.1, -0.05) is 11.6 Å². The minimum Gasteiger partial charge on any atom is -0.386 e. The molecule has 1 aromatic heterocycles. The number of aromatic nitrogens is 2. The molecule has 0 saturated carbocycles. The number of hydrogen-bond donors (Lipinski definition) is 2. The van der Waals surface area contributed by atoms with Crippen LogP contribution < -0.4 is 5.32 Å². The van der Waals surface area contributed by atoms with Crippen molar-refractivity contribution in [1.82, 2.24) is 20.0 Å². The van der Waals surface area contributed by atoms with Crippen LogP contribution in [0.1, 0.15) is 44.3 Å². The minimum atomic E-state index is -0.633. The Kier molecular flexibility index (Phi) is 4.00. The van der Waals surface area contributed by atoms with Crippen molar-refractivity contribution in [2.75, 3.05) is 19.6 Å². The first-order valence-corrected chi connectivity index (χ1v) is 10.3. The lowest BCUT2D eigenvalue weighted by atomic mass is 9.75. The highest BCUT2D eigenvalue weighted by Crippen LogP contribution is 2.51. The van der Waals surface area contributed by atoms with Gasteiger partial charge in [0, 0.05) is 29.1 Å². The minimum absolute atomic E-state index is 0.00801. The maximum atomic E-state index is 12.7. The molecule has 6 nitrogen and oxygen atoms in total. The van der Waals surface area contributed by atoms with Crippen LogP contribution in [0.2, 0.25) is 5.02 Å². The van der Waals surface area contributed by atoms with E-state index >= 15 is 0 Å². The number of rotatable bonds is 2. The Bertz CT molecular complexity index is 899. The highest BCUT2D eigenvalue weighted by Gasteiger charge is 2.50. The van der Waals surface area contributed by atoms with Crippen molar-refractivity contribution in [3.8, 4) is 0 Å². The molecule has 1 amide bonds. The summed E-state index contributed by atoms with van der Waals surface area (Å²) in [5.74, 6) is 0.488. The van der Waals surface area contributed by atoms with Gasteiger partial charge in [-0.25, -0.2) is 0 Å². The Morgan fingerprint density at radius 2 is 2.11 bits per heavy atom. The lowest BCUT2D eigenvalue weighted by Crippen LogP contribution is -2.51. The number of nitrogens with zero attached hydrogens (tertiary/aromatic N) is 3. The average Bonchev–Trinajstić information content (AvgIpc) is 3.39. The number of carbonyl (C=O) groups excluding carboxylic acids is 1. The van der Waals surface area contributed by atoms with E-state index in [2.05, 4.69) is 17.3 Å². The van der Waals surface area contributed by atoms with Crippen LogP contribution >= 0.6 is 11.6 Å². The molecule has 3 atom stereocenters. The summed E-state index contributed by atoms with van der Waals surface area (Å²) in [6.45, 7) is 4.52. The summed E-state index contributed by atoms with van der Waals surface area (Å²) in [7, 11) is 0. The van der Waals surface area contributed by atoms with Gasteiger partial charge in [0.2, 0.25) is 5.91 Å². The molecule has 144 valence electrons. The quantitative estimate of drug-likeness (QED) is 0.829. The molecule has 7 heteroatoms. The summed E-state index contributed by atoms with van der Waals surface area (Å²) >= 11 is 6.24. The van der Waals surface area contributed by atoms with E-state index < -0.39 is 11.6 Å². The Morgan fingerprint density at radius 1 is 1.33 bits per heavy atom. The van der Waals surface area contributed by atoms with Crippen molar-refractivity contribution >= 4 is 28.4 Å². The molecule has 0 spiro atoms. The van der Waals surface area contributed by atoms with E-state index in [1.54, 1.807) is 0 Å². The van der Waals surface area contributed by atoms with E-state index in [0.29, 0.717) is 5.02 Å². The first-order valence-electron chi connectivity index (χ1n) is 9.88. The standard InChI is InChI=1S/C20H25ClN4O2/c1-20(13-4-7-24(8-5-13)19(27)16-3-2-6-22-16)18(26)15-10-14(21)9-12-11-23-25(20)17(12)15/h9-11,13,16,18,22,26H,2-8H2,1H3/t16-,18-,20?/m1/s1. The number of piperidine rings is 1. The molecular weight excluding hydrogens is 364 g/mol. The van der Waals surface area contributed by atoms with E-state index in [9.17, 15) is 9.90 Å². The Labute approximate surface area is 163 Å². The number of carbonyl (C=O) groups is 1. The molecule has 0 bridgehead atoms. The largest absolute Gasteiger partial charge is 0.386 e. The monoisotopic (exact) mass is 388 g/mol. The van der Waals surface area contributed by atoms with Gasteiger partial charge >= 0.3 is 0 Å². The van der Waals surface area contributed by atoms with Gasteiger partial charge in [0.05, 0.1) is 23.3 Å². The Balaban J connectivity index is 1.38. The van der Waals surface area contributed by atoms with Crippen LogP contribution in [0.3, 0.4) is 0 Å². The summed E-state index contributed by atoms with van der Waals surface area (Å²) in [5.41, 5.74) is 1.35. The number of aliphatic hydroxyl groups excluding tert-OH is 1. The van der Waals surface area contributed by atoms with Gasteiger partial charge in [0.15, 0.2) is 0 Å². The second-order valence-electron chi connectivity index (χ2n) is 8.37. The van der Waals surface area contributed by atoms with Crippen LogP contribution in [0.25, 0.3) is 10.9 Å². The van der Waals surface area contributed by atoms with E-state index in [1.807, 2.05) is 27.9 Å². The molecule has 0 radical (unpaired) electrons. The van der Waals surface area contributed by atoms with Gasteiger partial charge in [-0.2, -0.15) is 5.10 Å². The van der Waals surface area contributed by atoms with Gasteiger partial charge in [-0.15, -0.1) is 0 Å². The molecule has 27 heavy (non-hydrogen) atoms. The SMILES string of the molecule is CC1(C2CCN(C(=O)[C@H]3CCCN3)CC2)[C@H](O)c2cc(Cl)cc3cnn1c23. The first-order chi connectivity index (χ1) is 13.0. The molecule has 2 N–H and O–H groups in total. The molecule has 3 aliphatic rings. The predicted octanol–water partition coefficient (Wildman–Crippen LogP) is 2.44. The topological polar surface area (TPSA) is 70.4 Å². The predicted molar refractivity (Wildman–Crippen MR) is 104 cm³/mol. The number of halogens is 1. The highest BCUT2D eigenvalue weighted by molar-refractivity contribution is 6.31. The number of amides is 1. The average molecular weight is 389 g/mol. The summed E-state index contributed by atoms with van der Waals surface area (Å²) < 4.78 is 2.00. The van der Waals surface area contributed by atoms with Crippen molar-refractivity contribution in [2.45, 2.75) is 50.3 Å². The first kappa shape index (κ1) is 17.5. The highest BCUT2D eigenvalue weighted by atomic mass is 35.5. The van der Waals surface area contributed by atoms with Crippen LogP contribution in [0, 0.1) is 5.92 Å². The number of benzene rings is 1. The molecule has 2 saturated heterocycles. The molecular formula is C20H25ClN4O2. The molecule has 1 aromatic carbocycles. The molecule has 2 aromatic rings. The summed E-state index contributed by atoms with van der Waals surface area (Å²) in [6, 6.07) is 3.76. The number of hydrogen-bond acceptors (Lipinski definition) is 4. The molecule has 5 rings (SSSR count). The smallest absolute Gasteiger partial charge is 0.239 e. The van der Waals surface area contributed by atoms with E-state index in [1.165, 1.54) is 0 Å². The van der Waals surface area contributed by atoms with Gasteiger partial charge in [0.25, 0.3) is 0 Å². The molecule has 4 heterocycles. The second kappa shape index (κ2) is 6.19. The van der Waals surface area contributed by atoms with Crippen molar-refractivity contribution in [2.24, 2.45) is 5.92 Å². The summed E-state index contributed by atoms with van der Waals surface area (Å²) in [6.07, 6.45) is 4.96. The number of aliphatic hydroxyl groups is 1. The van der Waals surface area contributed by atoms with Crippen LogP contribution in [-0.2, 0) is 10.3 Å². The third-order valence-corrected chi connectivity index (χ3v) is 7.17. The fourth-order valence-electron chi connectivity index (χ4n) is 5.36. The van der Waals surface area contributed by atoms with Crippen LogP contribution in [-0.4, -0.2) is 51.4 Å². The lowest BCUT2D eigenvalue weighted by Gasteiger charge is -2.43. The number of likely N-dealkylation sites (tertiary alicyclic amines) is 1. The van der Waals surface area contributed by atoms with Gasteiger partial charge < -0.3 is 15.3 Å². The lowest BCUT2D eigenvalue weighted by molar-refractivity contribution is -0.135. The maximum Gasteiger partial charge on any atom is 0.239 e. The normalized spacial score (nSPS) is 31.1. The molecule has 1 unspecified atom stereocenters. The third-order valence-electron chi connectivity index (χ3n) is 6.95. The molecule has 0 aliphatic carbocycles. The summed E-state index contributed by atoms with van der Waals surface area (Å²) in [5, 5.41) is 20.7. The van der Waals surface area contributed by atoms with Crippen molar-refractivity contribution < 1.29 is 9.90 Å². The van der Waals surface area contributed by atoms with Gasteiger partial charge in [-0.05, 0) is 57.2 Å². The number of nitrogens with one attached hydrogen (secondary N) is 1. The second-order valence-corrected chi connectivity index (χ2v) is 8.80. The van der Waals surface area contributed by atoms with Crippen molar-refractivity contribution in [3.05, 3.63) is 28.9 Å². The van der Waals surface area contributed by atoms with E-state index in [0.717, 1.165) is 61.8 Å². The van der Waals surface area contributed by atoms with E-state index in [-0.39, 0.29) is 17.9 Å². The Hall–Kier alpha value is -1.63. The third kappa shape index (κ3) is 2.46. The zero-order valence-electron chi connectivity index (χ0n) is 15.5. The zero-order valence-corrected chi connectivity index (χ0v) is 16.2. The van der Waals surface area contributed by atoms with Crippen molar-refractivity contribution in [1.29, 1.82) is 0 Å². The molecule has 2 fully saturated rings. The summed E-state index contributed by atoms with van der Waals surface area (Å²) in [4.78, 5) is 14.7. The van der Waals surface area contributed by atoms with Gasteiger partial charge in [0.1, 0.15) is 6.10 Å². The Morgan fingerprint density at radius 3 is 2.81 bits per heavy atom. The van der Waals surface area contributed by atoms with Crippen LogP contribution in [0.4, 0.5) is 0 Å². The maximum absolute atomic E-state index is 12.7. The fraction of sp³-hybridized carbons (Fsp3) is 0.600. The molecule has 3 aliphatic heterocycles. The fourth-order valence-corrected chi connectivity index (χ4v) is 5.60. The van der Waals surface area contributed by atoms with Crippen molar-refractivity contribution in [3.63, 3.8) is 0 Å². The van der Waals surface area contributed by atoms with Crippen LogP contribution in [0.5, 0.6) is 0 Å². The van der Waals surface area contributed by atoms with Gasteiger partial charge in [-0.3, -0.25) is 9.48 Å². The zero-order chi connectivity index (χ0) is 18.8. The van der Waals surface area contributed by atoms with Crippen LogP contribution in [0.15, 0.2) is 18.3 Å². The van der Waals surface area contributed by atoms with E-state index in [4.69, 9.17) is 11.6 Å².